The van der Waals surface area contributed by atoms with Crippen molar-refractivity contribution in [2.75, 3.05) is 0 Å². The number of fused-ring (bicyclic) bond motifs is 8. The lowest BCUT2D eigenvalue weighted by molar-refractivity contribution is -0.167. The van der Waals surface area contributed by atoms with E-state index >= 15 is 0 Å². The van der Waals surface area contributed by atoms with Gasteiger partial charge in [0.15, 0.2) is 0 Å². The van der Waals surface area contributed by atoms with E-state index in [1.165, 1.54) is 18.4 Å². The van der Waals surface area contributed by atoms with Crippen molar-refractivity contribution in [1.29, 1.82) is 0 Å². The van der Waals surface area contributed by atoms with E-state index in [0.29, 0.717) is 35.4 Å². The molecule has 1 spiro atoms. The molecule has 26 heavy (non-hydrogen) atoms. The number of hydrogen-bond donors (Lipinski definition) is 0. The molecule has 6 rings (SSSR count). The summed E-state index contributed by atoms with van der Waals surface area (Å²) in [6.45, 7) is 4.84. The Morgan fingerprint density at radius 2 is 2.08 bits per heavy atom. The Balaban J connectivity index is 1.42. The first kappa shape index (κ1) is 15.7. The van der Waals surface area contributed by atoms with Gasteiger partial charge < -0.3 is 4.74 Å². The van der Waals surface area contributed by atoms with Gasteiger partial charge in [-0.15, -0.1) is 0 Å². The Bertz CT molecular complexity index is 791. The van der Waals surface area contributed by atoms with Gasteiger partial charge in [0.25, 0.3) is 0 Å². The standard InChI is InChI=1S/C23H28O3/c1-12-9-13-10-14(24)3-4-15(13)16-5-7-22(2)21(20(12)16)17-11-18(17)23(22)8-6-19(25)26-23/h6,8,12,16-18,20-21H,3-5,7,9-11H2,1-2H3/t12-,16-,17+,18-,20-,21+,22+,23+/m1/s1. The summed E-state index contributed by atoms with van der Waals surface area (Å²) < 4.78 is 6.07. The first-order chi connectivity index (χ1) is 12.4. The normalized spacial score (nSPS) is 53.9. The van der Waals surface area contributed by atoms with Crippen LogP contribution in [0.25, 0.3) is 0 Å². The fourth-order valence-electron chi connectivity index (χ4n) is 8.39. The molecule has 0 aromatic rings. The third-order valence-electron chi connectivity index (χ3n) is 9.28. The summed E-state index contributed by atoms with van der Waals surface area (Å²) in [6.07, 6.45) is 11.0. The zero-order valence-electron chi connectivity index (χ0n) is 15.8. The third kappa shape index (κ3) is 1.67. The lowest BCUT2D eigenvalue weighted by Crippen LogP contribution is -2.55. The van der Waals surface area contributed by atoms with Crippen LogP contribution in [0.3, 0.4) is 0 Å². The second-order valence-corrected chi connectivity index (χ2v) is 10.2. The fourth-order valence-corrected chi connectivity index (χ4v) is 8.39. The molecule has 0 radical (unpaired) electrons. The Hall–Kier alpha value is -1.38. The maximum absolute atomic E-state index is 12.0. The SMILES string of the molecule is C[C@@H]1CC2=C(CCC(=O)C2)[C@H]2CC[C@@]3(C)[C@@H]([C@H]4C[C@H]4[C@@]34C=CC(=O)O4)[C@H]12. The van der Waals surface area contributed by atoms with Crippen molar-refractivity contribution in [1.82, 2.24) is 0 Å². The van der Waals surface area contributed by atoms with E-state index in [0.717, 1.165) is 38.0 Å². The highest BCUT2D eigenvalue weighted by atomic mass is 16.6. The van der Waals surface area contributed by atoms with E-state index in [9.17, 15) is 9.59 Å². The molecular weight excluding hydrogens is 324 g/mol. The summed E-state index contributed by atoms with van der Waals surface area (Å²) in [4.78, 5) is 24.0. The minimum Gasteiger partial charge on any atom is -0.451 e. The molecule has 3 heteroatoms. The van der Waals surface area contributed by atoms with E-state index in [4.69, 9.17) is 4.74 Å². The smallest absolute Gasteiger partial charge is 0.331 e. The second-order valence-electron chi connectivity index (χ2n) is 10.2. The number of ether oxygens (including phenoxy) is 1. The van der Waals surface area contributed by atoms with Crippen LogP contribution in [0.4, 0.5) is 0 Å². The van der Waals surface area contributed by atoms with Crippen molar-refractivity contribution in [2.45, 2.75) is 64.4 Å². The number of carbonyl (C=O) groups excluding carboxylic acids is 2. The molecule has 0 aromatic carbocycles. The van der Waals surface area contributed by atoms with Crippen LogP contribution in [-0.4, -0.2) is 17.4 Å². The minimum absolute atomic E-state index is 0.0984. The largest absolute Gasteiger partial charge is 0.451 e. The van der Waals surface area contributed by atoms with E-state index in [1.54, 1.807) is 11.6 Å². The topological polar surface area (TPSA) is 43.4 Å². The molecule has 3 nitrogen and oxygen atoms in total. The first-order valence-corrected chi connectivity index (χ1v) is 10.6. The van der Waals surface area contributed by atoms with Gasteiger partial charge in [0.2, 0.25) is 0 Å². The molecule has 3 saturated carbocycles. The van der Waals surface area contributed by atoms with Gasteiger partial charge in [0.1, 0.15) is 11.4 Å². The zero-order chi connectivity index (χ0) is 17.8. The average molecular weight is 352 g/mol. The zero-order valence-corrected chi connectivity index (χ0v) is 15.8. The number of allylic oxidation sites excluding steroid dienone is 2. The van der Waals surface area contributed by atoms with Gasteiger partial charge in [-0.2, -0.15) is 0 Å². The van der Waals surface area contributed by atoms with Crippen molar-refractivity contribution in [3.63, 3.8) is 0 Å². The lowest BCUT2D eigenvalue weighted by atomic mass is 9.48. The summed E-state index contributed by atoms with van der Waals surface area (Å²) >= 11 is 0. The Morgan fingerprint density at radius 1 is 1.23 bits per heavy atom. The van der Waals surface area contributed by atoms with Crippen LogP contribution in [0.1, 0.15) is 58.8 Å². The van der Waals surface area contributed by atoms with Crippen LogP contribution in [0, 0.1) is 40.9 Å². The predicted molar refractivity (Wildman–Crippen MR) is 97.0 cm³/mol. The maximum atomic E-state index is 12.0. The van der Waals surface area contributed by atoms with Crippen LogP contribution in [-0.2, 0) is 14.3 Å². The molecule has 0 unspecified atom stereocenters. The van der Waals surface area contributed by atoms with Crippen LogP contribution >= 0.6 is 0 Å². The Kier molecular flexibility index (Phi) is 2.84. The minimum atomic E-state index is -0.318. The summed E-state index contributed by atoms with van der Waals surface area (Å²) in [5.41, 5.74) is 2.93. The van der Waals surface area contributed by atoms with Crippen LogP contribution in [0.2, 0.25) is 0 Å². The van der Waals surface area contributed by atoms with Gasteiger partial charge in [-0.05, 0) is 67.8 Å². The number of ketones is 1. The molecule has 0 amide bonds. The molecule has 1 heterocycles. The highest BCUT2D eigenvalue weighted by Crippen LogP contribution is 2.77. The molecule has 8 atom stereocenters. The first-order valence-electron chi connectivity index (χ1n) is 10.6. The molecule has 5 aliphatic carbocycles. The number of carbonyl (C=O) groups is 2. The molecule has 0 aromatic heterocycles. The van der Waals surface area contributed by atoms with Crippen molar-refractivity contribution >= 4 is 11.8 Å². The Morgan fingerprint density at radius 3 is 2.85 bits per heavy atom. The van der Waals surface area contributed by atoms with Crippen LogP contribution in [0.5, 0.6) is 0 Å². The highest BCUT2D eigenvalue weighted by molar-refractivity contribution is 5.86. The van der Waals surface area contributed by atoms with Crippen molar-refractivity contribution < 1.29 is 14.3 Å². The van der Waals surface area contributed by atoms with Gasteiger partial charge in [-0.1, -0.05) is 25.0 Å². The highest BCUT2D eigenvalue weighted by Gasteiger charge is 2.78. The molecule has 0 N–H and O–H groups in total. The van der Waals surface area contributed by atoms with Crippen LogP contribution in [0.15, 0.2) is 23.3 Å². The van der Waals surface area contributed by atoms with E-state index in [2.05, 4.69) is 19.9 Å². The monoisotopic (exact) mass is 352 g/mol. The number of rotatable bonds is 0. The van der Waals surface area contributed by atoms with E-state index < -0.39 is 0 Å². The average Bonchev–Trinajstić information content (AvgIpc) is 3.24. The molecule has 6 aliphatic rings. The summed E-state index contributed by atoms with van der Waals surface area (Å²) in [5.74, 6) is 4.30. The van der Waals surface area contributed by atoms with Gasteiger partial charge in [0.05, 0.1) is 0 Å². The van der Waals surface area contributed by atoms with Crippen molar-refractivity contribution in [3.8, 4) is 0 Å². The van der Waals surface area contributed by atoms with E-state index in [1.807, 2.05) is 0 Å². The second kappa shape index (κ2) is 4.72. The molecule has 3 fully saturated rings. The number of Topliss-reactive ketones (excluding diaryl/α,β-unsaturated/α-hetero) is 1. The Labute approximate surface area is 155 Å². The quantitative estimate of drug-likeness (QED) is 0.484. The molecular formula is C23H28O3. The molecule has 138 valence electrons. The number of esters is 1. The lowest BCUT2D eigenvalue weighted by Gasteiger charge is -2.57. The molecule has 0 saturated heterocycles. The van der Waals surface area contributed by atoms with E-state index in [-0.39, 0.29) is 17.0 Å². The van der Waals surface area contributed by atoms with Crippen molar-refractivity contribution in [3.05, 3.63) is 23.3 Å². The molecule has 1 aliphatic heterocycles. The summed E-state index contributed by atoms with van der Waals surface area (Å²) in [5, 5.41) is 0. The number of hydrogen-bond acceptors (Lipinski definition) is 3. The van der Waals surface area contributed by atoms with Crippen LogP contribution < -0.4 is 0 Å². The van der Waals surface area contributed by atoms with Gasteiger partial charge in [-0.25, -0.2) is 4.79 Å². The van der Waals surface area contributed by atoms with Gasteiger partial charge >= 0.3 is 5.97 Å². The third-order valence-corrected chi connectivity index (χ3v) is 9.28. The van der Waals surface area contributed by atoms with Crippen molar-refractivity contribution in [2.24, 2.45) is 40.9 Å². The summed E-state index contributed by atoms with van der Waals surface area (Å²) in [6, 6.07) is 0. The summed E-state index contributed by atoms with van der Waals surface area (Å²) in [7, 11) is 0. The van der Waals surface area contributed by atoms with Gasteiger partial charge in [0, 0.05) is 30.3 Å². The molecule has 0 bridgehead atoms. The van der Waals surface area contributed by atoms with Gasteiger partial charge in [-0.3, -0.25) is 4.79 Å². The fraction of sp³-hybridized carbons (Fsp3) is 0.739. The predicted octanol–water partition coefficient (Wildman–Crippen LogP) is 4.23. The maximum Gasteiger partial charge on any atom is 0.331 e.